The zero-order valence-electron chi connectivity index (χ0n) is 16.7. The quantitative estimate of drug-likeness (QED) is 0.552. The molecule has 0 heterocycles. The van der Waals surface area contributed by atoms with E-state index in [1.807, 2.05) is 30.0 Å². The van der Waals surface area contributed by atoms with Crippen molar-refractivity contribution in [3.8, 4) is 11.5 Å². The maximum atomic E-state index is 12.5. The second-order valence-corrected chi connectivity index (χ2v) is 6.57. The van der Waals surface area contributed by atoms with E-state index in [1.54, 1.807) is 34.3 Å². The summed E-state index contributed by atoms with van der Waals surface area (Å²) in [7, 11) is 4.93. The molecule has 0 fully saturated rings. The highest BCUT2D eigenvalue weighted by atomic mass is 16.6. The van der Waals surface area contributed by atoms with Gasteiger partial charge in [0.05, 0.1) is 25.7 Å². The molecule has 2 rings (SSSR count). The van der Waals surface area contributed by atoms with Gasteiger partial charge in [0.1, 0.15) is 5.69 Å². The van der Waals surface area contributed by atoms with Gasteiger partial charge in [-0.2, -0.15) is 0 Å². The molecule has 0 atom stereocenters. The molecule has 1 amide bonds. The predicted octanol–water partition coefficient (Wildman–Crippen LogP) is 3.30. The second kappa shape index (κ2) is 9.18. The largest absolute Gasteiger partial charge is 0.493 e. The zero-order chi connectivity index (χ0) is 20.8. The molecule has 0 aromatic heterocycles. The van der Waals surface area contributed by atoms with E-state index >= 15 is 0 Å². The van der Waals surface area contributed by atoms with Gasteiger partial charge in [0.2, 0.25) is 5.91 Å². The van der Waals surface area contributed by atoms with Crippen LogP contribution in [0.5, 0.6) is 11.5 Å². The molecule has 1 N–H and O–H groups in total. The molecule has 2 aromatic rings. The van der Waals surface area contributed by atoms with E-state index in [0.29, 0.717) is 23.6 Å². The van der Waals surface area contributed by atoms with Crippen molar-refractivity contribution >= 4 is 17.3 Å². The smallest absolute Gasteiger partial charge is 0.293 e. The molecule has 8 nitrogen and oxygen atoms in total. The van der Waals surface area contributed by atoms with E-state index in [9.17, 15) is 14.9 Å². The summed E-state index contributed by atoms with van der Waals surface area (Å²) >= 11 is 0. The number of nitrogens with zero attached hydrogens (tertiary/aromatic N) is 2. The van der Waals surface area contributed by atoms with Crippen molar-refractivity contribution in [2.24, 2.45) is 0 Å². The first-order chi connectivity index (χ1) is 13.3. The van der Waals surface area contributed by atoms with Crippen molar-refractivity contribution in [1.29, 1.82) is 0 Å². The molecule has 0 aliphatic carbocycles. The van der Waals surface area contributed by atoms with Crippen LogP contribution in [0.15, 0.2) is 30.3 Å². The number of carbonyl (C=O) groups is 1. The van der Waals surface area contributed by atoms with E-state index < -0.39 is 4.92 Å². The third kappa shape index (κ3) is 4.98. The summed E-state index contributed by atoms with van der Waals surface area (Å²) in [6, 6.07) is 8.63. The molecule has 8 heteroatoms. The monoisotopic (exact) mass is 387 g/mol. The van der Waals surface area contributed by atoms with Gasteiger partial charge in [-0.05, 0) is 49.7 Å². The number of amides is 1. The Kier molecular flexibility index (Phi) is 6.94. The number of ether oxygens (including phenoxy) is 2. The number of hydrogen-bond acceptors (Lipinski definition) is 6. The molecule has 0 saturated carbocycles. The molecule has 150 valence electrons. The minimum atomic E-state index is -0.491. The number of nitrogens with one attached hydrogen (secondary N) is 1. The van der Waals surface area contributed by atoms with Gasteiger partial charge in [-0.15, -0.1) is 0 Å². The fourth-order valence-corrected chi connectivity index (χ4v) is 2.88. The van der Waals surface area contributed by atoms with Crippen LogP contribution in [0, 0.1) is 24.0 Å². The maximum Gasteiger partial charge on any atom is 0.293 e. The number of benzene rings is 2. The summed E-state index contributed by atoms with van der Waals surface area (Å²) < 4.78 is 10.5. The highest BCUT2D eigenvalue weighted by Crippen LogP contribution is 2.30. The first-order valence-corrected chi connectivity index (χ1v) is 8.70. The Morgan fingerprint density at radius 1 is 1.14 bits per heavy atom. The van der Waals surface area contributed by atoms with Crippen molar-refractivity contribution in [3.05, 3.63) is 57.1 Å². The summed E-state index contributed by atoms with van der Waals surface area (Å²) in [5.74, 6) is 0.928. The van der Waals surface area contributed by atoms with Crippen LogP contribution in [0.3, 0.4) is 0 Å². The molecule has 0 spiro atoms. The Bertz CT molecular complexity index is 882. The van der Waals surface area contributed by atoms with Crippen molar-refractivity contribution in [3.63, 3.8) is 0 Å². The molecule has 0 radical (unpaired) electrons. The standard InChI is InChI=1S/C20H25N3O5/c1-13-6-8-16(23(25)26)20(14(13)2)21-19(24)12-22(3)11-15-7-9-17(27-4)18(10-15)28-5/h6-10H,11-12H2,1-5H3,(H,21,24). The van der Waals surface area contributed by atoms with Crippen LogP contribution in [0.25, 0.3) is 0 Å². The van der Waals surface area contributed by atoms with Gasteiger partial charge >= 0.3 is 0 Å². The Balaban J connectivity index is 2.08. The number of methoxy groups -OCH3 is 2. The average Bonchev–Trinajstić information content (AvgIpc) is 2.64. The normalized spacial score (nSPS) is 10.6. The minimum absolute atomic E-state index is 0.0822. The molecule has 2 aromatic carbocycles. The molecule has 0 aliphatic rings. The Hall–Kier alpha value is -3.13. The number of anilines is 1. The van der Waals surface area contributed by atoms with E-state index in [1.165, 1.54) is 6.07 Å². The Morgan fingerprint density at radius 2 is 1.82 bits per heavy atom. The topological polar surface area (TPSA) is 93.9 Å². The summed E-state index contributed by atoms with van der Waals surface area (Å²) in [5.41, 5.74) is 2.64. The lowest BCUT2D eigenvalue weighted by Crippen LogP contribution is -2.30. The van der Waals surface area contributed by atoms with Crippen LogP contribution in [0.4, 0.5) is 11.4 Å². The van der Waals surface area contributed by atoms with E-state index in [2.05, 4.69) is 5.32 Å². The number of carbonyl (C=O) groups excluding carboxylic acids is 1. The summed E-state index contributed by atoms with van der Waals surface area (Å²) in [6.45, 7) is 4.19. The van der Waals surface area contributed by atoms with Gasteiger partial charge in [0.25, 0.3) is 5.69 Å². The second-order valence-electron chi connectivity index (χ2n) is 6.57. The lowest BCUT2D eigenvalue weighted by atomic mass is 10.1. The summed E-state index contributed by atoms with van der Waals surface area (Å²) in [6.07, 6.45) is 0. The first kappa shape index (κ1) is 21.2. The number of rotatable bonds is 8. The number of aryl methyl sites for hydroxylation is 1. The SMILES string of the molecule is COc1ccc(CN(C)CC(=O)Nc2c([N+](=O)[O-])ccc(C)c2C)cc1OC. The first-order valence-electron chi connectivity index (χ1n) is 8.70. The third-order valence-corrected chi connectivity index (χ3v) is 4.49. The van der Waals surface area contributed by atoms with Crippen molar-refractivity contribution in [2.45, 2.75) is 20.4 Å². The van der Waals surface area contributed by atoms with E-state index in [0.717, 1.165) is 11.1 Å². The van der Waals surface area contributed by atoms with Crippen LogP contribution in [-0.4, -0.2) is 43.5 Å². The van der Waals surface area contributed by atoms with Crippen LogP contribution in [-0.2, 0) is 11.3 Å². The fraction of sp³-hybridized carbons (Fsp3) is 0.350. The fourth-order valence-electron chi connectivity index (χ4n) is 2.88. The molecular formula is C20H25N3O5. The number of nitro benzene ring substituents is 1. The van der Waals surface area contributed by atoms with Crippen molar-refractivity contribution in [1.82, 2.24) is 4.90 Å². The van der Waals surface area contributed by atoms with Gasteiger partial charge in [0.15, 0.2) is 11.5 Å². The number of nitro groups is 1. The zero-order valence-corrected chi connectivity index (χ0v) is 16.7. The van der Waals surface area contributed by atoms with Crippen molar-refractivity contribution in [2.75, 3.05) is 33.1 Å². The van der Waals surface area contributed by atoms with E-state index in [4.69, 9.17) is 9.47 Å². The molecule has 0 unspecified atom stereocenters. The predicted molar refractivity (Wildman–Crippen MR) is 107 cm³/mol. The lowest BCUT2D eigenvalue weighted by molar-refractivity contribution is -0.384. The molecule has 0 bridgehead atoms. The van der Waals surface area contributed by atoms with Gasteiger partial charge in [-0.25, -0.2) is 0 Å². The Labute approximate surface area is 164 Å². The maximum absolute atomic E-state index is 12.5. The van der Waals surface area contributed by atoms with Gasteiger partial charge in [-0.1, -0.05) is 12.1 Å². The lowest BCUT2D eigenvalue weighted by Gasteiger charge is -2.18. The minimum Gasteiger partial charge on any atom is -0.493 e. The summed E-state index contributed by atoms with van der Waals surface area (Å²) in [5, 5.41) is 14.0. The highest BCUT2D eigenvalue weighted by molar-refractivity contribution is 5.95. The van der Waals surface area contributed by atoms with E-state index in [-0.39, 0.29) is 23.8 Å². The number of hydrogen-bond donors (Lipinski definition) is 1. The van der Waals surface area contributed by atoms with Crippen molar-refractivity contribution < 1.29 is 19.2 Å². The Morgan fingerprint density at radius 3 is 2.43 bits per heavy atom. The van der Waals surface area contributed by atoms with Gasteiger partial charge in [-0.3, -0.25) is 19.8 Å². The highest BCUT2D eigenvalue weighted by Gasteiger charge is 2.20. The molecule has 0 saturated heterocycles. The molecule has 0 aliphatic heterocycles. The molecule has 28 heavy (non-hydrogen) atoms. The van der Waals surface area contributed by atoms with Crippen LogP contribution >= 0.6 is 0 Å². The average molecular weight is 387 g/mol. The molecular weight excluding hydrogens is 362 g/mol. The van der Waals surface area contributed by atoms with Crippen LogP contribution in [0.2, 0.25) is 0 Å². The summed E-state index contributed by atoms with van der Waals surface area (Å²) in [4.78, 5) is 25.0. The van der Waals surface area contributed by atoms with Gasteiger partial charge in [0, 0.05) is 12.6 Å². The third-order valence-electron chi connectivity index (χ3n) is 4.49. The van der Waals surface area contributed by atoms with Crippen LogP contribution < -0.4 is 14.8 Å². The van der Waals surface area contributed by atoms with Gasteiger partial charge < -0.3 is 14.8 Å². The van der Waals surface area contributed by atoms with Crippen LogP contribution in [0.1, 0.15) is 16.7 Å². The number of likely N-dealkylation sites (N-methyl/N-ethyl adjacent to an activating group) is 1.